The standard InChI is InChI=1S/C21H17N3S/c1-15-6-8-16(9-7-15)13-22-24-21-23-20(14-25-21)19-11-10-17-4-2-3-5-18(17)12-19/h2-14H,1H3,(H,23,24)/b22-13-. The highest BCUT2D eigenvalue weighted by atomic mass is 32.1. The van der Waals surface area contributed by atoms with Gasteiger partial charge in [0.05, 0.1) is 11.9 Å². The third-order valence-corrected chi connectivity index (χ3v) is 4.75. The molecule has 1 aromatic heterocycles. The Balaban J connectivity index is 1.50. The maximum absolute atomic E-state index is 4.63. The zero-order valence-corrected chi connectivity index (χ0v) is 14.6. The maximum Gasteiger partial charge on any atom is 0.203 e. The summed E-state index contributed by atoms with van der Waals surface area (Å²) >= 11 is 1.55. The Hall–Kier alpha value is -2.98. The number of anilines is 1. The number of rotatable bonds is 4. The molecule has 1 N–H and O–H groups in total. The van der Waals surface area contributed by atoms with Crippen LogP contribution in [0.25, 0.3) is 22.0 Å². The summed E-state index contributed by atoms with van der Waals surface area (Å²) in [4.78, 5) is 4.63. The fourth-order valence-corrected chi connectivity index (χ4v) is 3.29. The molecule has 1 heterocycles. The van der Waals surface area contributed by atoms with Gasteiger partial charge in [0.25, 0.3) is 0 Å². The third-order valence-electron chi connectivity index (χ3n) is 4.00. The summed E-state index contributed by atoms with van der Waals surface area (Å²) in [5.41, 5.74) is 7.39. The zero-order chi connectivity index (χ0) is 17.1. The minimum Gasteiger partial charge on any atom is -0.253 e. The van der Waals surface area contributed by atoms with E-state index in [1.54, 1.807) is 17.6 Å². The summed E-state index contributed by atoms with van der Waals surface area (Å²) in [7, 11) is 0. The van der Waals surface area contributed by atoms with Crippen molar-refractivity contribution in [1.82, 2.24) is 4.98 Å². The zero-order valence-electron chi connectivity index (χ0n) is 13.8. The summed E-state index contributed by atoms with van der Waals surface area (Å²) in [6.45, 7) is 2.07. The molecular weight excluding hydrogens is 326 g/mol. The van der Waals surface area contributed by atoms with E-state index in [9.17, 15) is 0 Å². The second-order valence-electron chi connectivity index (χ2n) is 5.88. The number of thiazole rings is 1. The summed E-state index contributed by atoms with van der Waals surface area (Å²) < 4.78 is 0. The lowest BCUT2D eigenvalue weighted by atomic mass is 10.1. The molecule has 0 amide bonds. The molecule has 25 heavy (non-hydrogen) atoms. The van der Waals surface area contributed by atoms with Gasteiger partial charge in [-0.2, -0.15) is 5.10 Å². The van der Waals surface area contributed by atoms with Crippen LogP contribution in [0, 0.1) is 6.92 Å². The molecule has 0 unspecified atom stereocenters. The first-order valence-corrected chi connectivity index (χ1v) is 8.96. The minimum atomic E-state index is 0.784. The number of fused-ring (bicyclic) bond motifs is 1. The van der Waals surface area contributed by atoms with Gasteiger partial charge in [-0.1, -0.05) is 66.2 Å². The SMILES string of the molecule is Cc1ccc(/C=N\Nc2nc(-c3ccc4ccccc4c3)cs2)cc1. The van der Waals surface area contributed by atoms with Crippen molar-refractivity contribution in [2.24, 2.45) is 5.10 Å². The van der Waals surface area contributed by atoms with E-state index in [2.05, 4.69) is 77.0 Å². The Morgan fingerprint density at radius 3 is 2.60 bits per heavy atom. The Bertz CT molecular complexity index is 1030. The maximum atomic E-state index is 4.63. The average Bonchev–Trinajstić information content (AvgIpc) is 3.12. The van der Waals surface area contributed by atoms with Crippen LogP contribution >= 0.6 is 11.3 Å². The number of hydrogen-bond acceptors (Lipinski definition) is 4. The summed E-state index contributed by atoms with van der Waals surface area (Å²) in [5.74, 6) is 0. The molecule has 0 aliphatic rings. The van der Waals surface area contributed by atoms with Crippen LogP contribution in [0.5, 0.6) is 0 Å². The molecule has 4 aromatic rings. The molecule has 0 saturated heterocycles. The molecule has 0 saturated carbocycles. The average molecular weight is 343 g/mol. The van der Waals surface area contributed by atoms with Gasteiger partial charge in [0.15, 0.2) is 0 Å². The topological polar surface area (TPSA) is 37.3 Å². The number of aryl methyl sites for hydroxylation is 1. The van der Waals surface area contributed by atoms with Crippen LogP contribution in [-0.2, 0) is 0 Å². The molecule has 3 nitrogen and oxygen atoms in total. The van der Waals surface area contributed by atoms with Gasteiger partial charge in [0.2, 0.25) is 5.13 Å². The third kappa shape index (κ3) is 3.59. The molecule has 0 radical (unpaired) electrons. The lowest BCUT2D eigenvalue weighted by Gasteiger charge is -2.00. The minimum absolute atomic E-state index is 0.784. The van der Waals surface area contributed by atoms with Gasteiger partial charge < -0.3 is 0 Å². The predicted octanol–water partition coefficient (Wildman–Crippen LogP) is 5.72. The van der Waals surface area contributed by atoms with Crippen LogP contribution in [0.3, 0.4) is 0 Å². The smallest absolute Gasteiger partial charge is 0.203 e. The van der Waals surface area contributed by atoms with Gasteiger partial charge in [-0.25, -0.2) is 4.98 Å². The van der Waals surface area contributed by atoms with Crippen LogP contribution in [0.2, 0.25) is 0 Å². The molecule has 122 valence electrons. The fraction of sp³-hybridized carbons (Fsp3) is 0.0476. The van der Waals surface area contributed by atoms with Gasteiger partial charge in [-0.15, -0.1) is 11.3 Å². The van der Waals surface area contributed by atoms with E-state index < -0.39 is 0 Å². The second-order valence-corrected chi connectivity index (χ2v) is 6.74. The highest BCUT2D eigenvalue weighted by Crippen LogP contribution is 2.27. The van der Waals surface area contributed by atoms with E-state index >= 15 is 0 Å². The van der Waals surface area contributed by atoms with Gasteiger partial charge in [0.1, 0.15) is 0 Å². The van der Waals surface area contributed by atoms with Crippen LogP contribution in [0.15, 0.2) is 77.2 Å². The summed E-state index contributed by atoms with van der Waals surface area (Å²) in [5, 5.41) is 9.57. The van der Waals surface area contributed by atoms with Gasteiger partial charge >= 0.3 is 0 Å². The van der Waals surface area contributed by atoms with Crippen molar-refractivity contribution in [3.63, 3.8) is 0 Å². The predicted molar refractivity (Wildman–Crippen MR) is 107 cm³/mol. The molecular formula is C21H17N3S. The van der Waals surface area contributed by atoms with Crippen molar-refractivity contribution in [2.75, 3.05) is 5.43 Å². The lowest BCUT2D eigenvalue weighted by Crippen LogP contribution is -1.90. The Morgan fingerprint density at radius 2 is 1.76 bits per heavy atom. The monoisotopic (exact) mass is 343 g/mol. The fourth-order valence-electron chi connectivity index (χ4n) is 2.62. The van der Waals surface area contributed by atoms with Crippen molar-refractivity contribution in [2.45, 2.75) is 6.92 Å². The van der Waals surface area contributed by atoms with Crippen molar-refractivity contribution in [3.05, 3.63) is 83.2 Å². The number of nitrogens with zero attached hydrogens (tertiary/aromatic N) is 2. The van der Waals surface area contributed by atoms with Gasteiger partial charge in [-0.05, 0) is 29.3 Å². The summed E-state index contributed by atoms with van der Waals surface area (Å²) in [6, 6.07) is 23.0. The second kappa shape index (κ2) is 6.87. The molecule has 4 heteroatoms. The largest absolute Gasteiger partial charge is 0.253 e. The van der Waals surface area contributed by atoms with Crippen LogP contribution in [0.4, 0.5) is 5.13 Å². The Labute approximate surface area is 150 Å². The quantitative estimate of drug-likeness (QED) is 0.380. The molecule has 0 spiro atoms. The lowest BCUT2D eigenvalue weighted by molar-refractivity contribution is 1.29. The van der Waals surface area contributed by atoms with Gasteiger partial charge in [-0.3, -0.25) is 5.43 Å². The molecule has 0 aliphatic heterocycles. The van der Waals surface area contributed by atoms with E-state index in [1.807, 2.05) is 17.5 Å². The van der Waals surface area contributed by atoms with E-state index in [4.69, 9.17) is 0 Å². The van der Waals surface area contributed by atoms with Crippen LogP contribution in [0.1, 0.15) is 11.1 Å². The van der Waals surface area contributed by atoms with E-state index in [-0.39, 0.29) is 0 Å². The van der Waals surface area contributed by atoms with Gasteiger partial charge in [0, 0.05) is 10.9 Å². The van der Waals surface area contributed by atoms with E-state index in [0.29, 0.717) is 0 Å². The summed E-state index contributed by atoms with van der Waals surface area (Å²) in [6.07, 6.45) is 1.80. The highest BCUT2D eigenvalue weighted by molar-refractivity contribution is 7.14. The number of hydrogen-bond donors (Lipinski definition) is 1. The van der Waals surface area contributed by atoms with Crippen molar-refractivity contribution in [3.8, 4) is 11.3 Å². The number of hydrazone groups is 1. The van der Waals surface area contributed by atoms with E-state index in [0.717, 1.165) is 22.0 Å². The first-order chi connectivity index (χ1) is 12.3. The van der Waals surface area contributed by atoms with Crippen molar-refractivity contribution in [1.29, 1.82) is 0 Å². The molecule has 0 bridgehead atoms. The van der Waals surface area contributed by atoms with E-state index in [1.165, 1.54) is 16.3 Å². The van der Waals surface area contributed by atoms with Crippen LogP contribution in [-0.4, -0.2) is 11.2 Å². The number of aromatic nitrogens is 1. The molecule has 0 fully saturated rings. The first kappa shape index (κ1) is 15.5. The van der Waals surface area contributed by atoms with Crippen molar-refractivity contribution < 1.29 is 0 Å². The first-order valence-electron chi connectivity index (χ1n) is 8.08. The molecule has 0 atom stereocenters. The molecule has 0 aliphatic carbocycles. The van der Waals surface area contributed by atoms with Crippen LogP contribution < -0.4 is 5.43 Å². The Morgan fingerprint density at radius 1 is 0.960 bits per heavy atom. The molecule has 3 aromatic carbocycles. The number of benzene rings is 3. The highest BCUT2D eigenvalue weighted by Gasteiger charge is 2.05. The normalized spacial score (nSPS) is 11.2. The Kier molecular flexibility index (Phi) is 4.27. The molecule has 4 rings (SSSR count). The van der Waals surface area contributed by atoms with Crippen molar-refractivity contribution >= 4 is 33.5 Å². The number of nitrogens with one attached hydrogen (secondary N) is 1.